The number of aromatic hydroxyl groups is 1. The van der Waals surface area contributed by atoms with Gasteiger partial charge in [0.25, 0.3) is 0 Å². The van der Waals surface area contributed by atoms with Gasteiger partial charge in [0, 0.05) is 16.9 Å². The zero-order chi connectivity index (χ0) is 64.5. The number of rotatable bonds is 37. The number of carbonyl (C=O) groups excluding carboxylic acids is 10. The Balaban J connectivity index is 3.57. The molecule has 84 heavy (non-hydrogen) atoms. The van der Waals surface area contributed by atoms with Gasteiger partial charge in [-0.15, -0.1) is 0 Å². The number of carbonyl (C=O) groups is 12. The highest BCUT2D eigenvalue weighted by Crippen LogP contribution is 2.19. The second kappa shape index (κ2) is 36.2. The van der Waals surface area contributed by atoms with Crippen LogP contribution in [0.5, 0.6) is 5.75 Å². The van der Waals surface area contributed by atoms with Crippen LogP contribution in [0.1, 0.15) is 134 Å². The number of nitrogens with two attached hydrogens (primary N) is 1. The molecular formula is C56H93N11O15S2. The fraction of sp³-hybridized carbons (Fsp3) is 0.679. The largest absolute Gasteiger partial charge is 0.508 e. The summed E-state index contributed by atoms with van der Waals surface area (Å²) in [5.41, 5.74) is 6.42. The molecular weight excluding hydrogens is 1130 g/mol. The summed E-state index contributed by atoms with van der Waals surface area (Å²) in [5.74, 6) is -14.1. The molecule has 0 spiro atoms. The van der Waals surface area contributed by atoms with E-state index in [4.69, 9.17) is 5.73 Å². The van der Waals surface area contributed by atoms with Crippen LogP contribution in [0.4, 0.5) is 0 Å². The van der Waals surface area contributed by atoms with Crippen molar-refractivity contribution < 1.29 is 72.9 Å². The molecule has 0 bridgehead atoms. The first-order valence-electron chi connectivity index (χ1n) is 28.4. The Morgan fingerprint density at radius 2 is 0.905 bits per heavy atom. The molecule has 0 aromatic heterocycles. The average Bonchev–Trinajstić information content (AvgIpc) is 3.55. The summed E-state index contributed by atoms with van der Waals surface area (Å²) >= 11 is 8.29. The molecule has 26 nitrogen and oxygen atoms in total. The van der Waals surface area contributed by atoms with Crippen molar-refractivity contribution in [2.45, 2.75) is 200 Å². The molecule has 15 N–H and O–H groups in total. The van der Waals surface area contributed by atoms with Crippen LogP contribution in [-0.4, -0.2) is 164 Å². The van der Waals surface area contributed by atoms with Crippen LogP contribution in [0.2, 0.25) is 0 Å². The van der Waals surface area contributed by atoms with Crippen molar-refractivity contribution in [3.8, 4) is 5.75 Å². The minimum absolute atomic E-state index is 0.0137. The first kappa shape index (κ1) is 75.3. The second-order valence-corrected chi connectivity index (χ2v) is 24.0. The van der Waals surface area contributed by atoms with Crippen molar-refractivity contribution in [3.05, 3.63) is 29.8 Å². The van der Waals surface area contributed by atoms with E-state index in [-0.39, 0.29) is 36.7 Å². The van der Waals surface area contributed by atoms with Gasteiger partial charge in [-0.25, -0.2) is 4.79 Å². The molecule has 28 heteroatoms. The van der Waals surface area contributed by atoms with Gasteiger partial charge < -0.3 is 74.2 Å². The van der Waals surface area contributed by atoms with E-state index >= 15 is 0 Å². The van der Waals surface area contributed by atoms with Crippen LogP contribution in [0, 0.1) is 29.6 Å². The Bertz CT molecular complexity index is 2430. The summed E-state index contributed by atoms with van der Waals surface area (Å²) in [4.78, 5) is 162. The predicted molar refractivity (Wildman–Crippen MR) is 320 cm³/mol. The lowest BCUT2D eigenvalue weighted by atomic mass is 9.94. The molecule has 0 aliphatic rings. The van der Waals surface area contributed by atoms with E-state index in [0.29, 0.717) is 24.8 Å². The first-order valence-corrected chi connectivity index (χ1v) is 29.5. The molecule has 1 aromatic rings. The van der Waals surface area contributed by atoms with Gasteiger partial charge in [0.1, 0.15) is 60.1 Å². The number of carboxylic acids is 2. The first-order chi connectivity index (χ1) is 39.1. The molecule has 1 rings (SSSR count). The quantitative estimate of drug-likeness (QED) is 0.0396. The summed E-state index contributed by atoms with van der Waals surface area (Å²) in [6.45, 7) is 21.1. The summed E-state index contributed by atoms with van der Waals surface area (Å²) in [6, 6.07) is -7.82. The van der Waals surface area contributed by atoms with Gasteiger partial charge in [-0.3, -0.25) is 52.7 Å². The number of aliphatic carboxylic acids is 2. The third-order valence-corrected chi connectivity index (χ3v) is 15.2. The van der Waals surface area contributed by atoms with Gasteiger partial charge in [-0.1, -0.05) is 107 Å². The number of nitrogens with one attached hydrogen (secondary N) is 10. The highest BCUT2D eigenvalue weighted by molar-refractivity contribution is 7.81. The lowest BCUT2D eigenvalue weighted by molar-refractivity contribution is -0.142. The van der Waals surface area contributed by atoms with Crippen molar-refractivity contribution >= 4 is 96.3 Å². The SMILES string of the molecule is CC[C@H](C)[C@H](NC(=O)CNC(=O)[C@@H](NC(=O)[C@@H](NC(=O)[C@H](Cc1ccc(O)cc1)NC(=O)[C@@H](NC(=O)[C@H](CC(=O)O)NC(=O)[C@H](CC(C)C)NC(=O)[C@H](C)NC(=O)[C@@H](N)C(C)(C)S)[C@@H](C)CC)[C@@H](C)CC)[C@@H](C)CC)C(=O)N[C@@H](CS)C(=O)O. The minimum Gasteiger partial charge on any atom is -0.508 e. The fourth-order valence-corrected chi connectivity index (χ4v) is 8.56. The molecule has 0 aliphatic heterocycles. The van der Waals surface area contributed by atoms with Gasteiger partial charge in [-0.2, -0.15) is 25.3 Å². The lowest BCUT2D eigenvalue weighted by Crippen LogP contribution is -2.62. The average molecular weight is 1220 g/mol. The topological polar surface area (TPSA) is 412 Å². The molecule has 0 heterocycles. The van der Waals surface area contributed by atoms with E-state index in [2.05, 4.69) is 78.4 Å². The van der Waals surface area contributed by atoms with Crippen molar-refractivity contribution in [1.29, 1.82) is 0 Å². The predicted octanol–water partition coefficient (Wildman–Crippen LogP) is 0.189. The maximum absolute atomic E-state index is 14.6. The Hall–Kier alpha value is -6.68. The van der Waals surface area contributed by atoms with Gasteiger partial charge in [0.15, 0.2) is 0 Å². The van der Waals surface area contributed by atoms with Crippen LogP contribution in [0.15, 0.2) is 24.3 Å². The zero-order valence-corrected chi connectivity index (χ0v) is 52.3. The highest BCUT2D eigenvalue weighted by Gasteiger charge is 2.39. The maximum Gasteiger partial charge on any atom is 0.327 e. The number of phenols is 1. The molecule has 10 amide bonds. The molecule has 474 valence electrons. The van der Waals surface area contributed by atoms with Gasteiger partial charge in [0.05, 0.1) is 19.0 Å². The summed E-state index contributed by atoms with van der Waals surface area (Å²) < 4.78 is -0.944. The van der Waals surface area contributed by atoms with E-state index < -0.39 is 173 Å². The number of hydrogen-bond donors (Lipinski definition) is 16. The third-order valence-electron chi connectivity index (χ3n) is 14.6. The Morgan fingerprint density at radius 1 is 0.512 bits per heavy atom. The Labute approximate surface area is 503 Å². The van der Waals surface area contributed by atoms with Gasteiger partial charge >= 0.3 is 11.9 Å². The number of benzene rings is 1. The maximum atomic E-state index is 14.6. The fourth-order valence-electron chi connectivity index (χ4n) is 8.19. The van der Waals surface area contributed by atoms with Crippen LogP contribution in [0.3, 0.4) is 0 Å². The van der Waals surface area contributed by atoms with Crippen molar-refractivity contribution in [2.75, 3.05) is 12.3 Å². The molecule has 0 aliphatic carbocycles. The minimum atomic E-state index is -1.81. The normalized spacial score (nSPS) is 16.4. The van der Waals surface area contributed by atoms with E-state index in [0.717, 1.165) is 0 Å². The Morgan fingerprint density at radius 3 is 1.33 bits per heavy atom. The molecule has 0 radical (unpaired) electrons. The standard InChI is InChI=1S/C56H93N11O15S2/c1-14-28(7)41(50(76)58-25-39(69)64-42(29(8)15-2)51(77)63-38(26-83)55(81)82)67-53(79)44(31(10)17-4)66-48(74)36(23-33-18-20-34(68)21-19-33)62-52(78)43(30(9)16-3)65-49(75)37(24-40(70)71)61-47(73)35(22-27(5)6)60-46(72)32(11)59-54(80)45(57)56(12,13)84/h18-21,27-32,35-38,41-45,68,83-84H,14-17,22-26,57H2,1-13H3,(H,58,76)(H,59,80)(H,60,72)(H,61,73)(H,62,78)(H,63,77)(H,64,69)(H,65,75)(H,66,74)(H,67,79)(H,70,71)(H,81,82)/t28-,29-,30-,31-,32-,35-,36-,37-,38-,41-,42-,43-,44-,45+/m0/s1. The monoisotopic (exact) mass is 1220 g/mol. The van der Waals surface area contributed by atoms with E-state index in [1.54, 1.807) is 83.1 Å². The summed E-state index contributed by atoms with van der Waals surface area (Å²) in [7, 11) is 0. The molecule has 0 fully saturated rings. The third kappa shape index (κ3) is 25.3. The Kier molecular flexibility index (Phi) is 32.5. The summed E-state index contributed by atoms with van der Waals surface area (Å²) in [5, 5.41) is 54.9. The van der Waals surface area contributed by atoms with E-state index in [9.17, 15) is 72.9 Å². The molecule has 14 atom stereocenters. The van der Waals surface area contributed by atoms with Crippen LogP contribution < -0.4 is 58.9 Å². The van der Waals surface area contributed by atoms with Crippen LogP contribution >= 0.6 is 25.3 Å². The van der Waals surface area contributed by atoms with E-state index in [1.165, 1.54) is 31.2 Å². The number of hydrogen-bond acceptors (Lipinski definition) is 16. The number of amides is 10. The second-order valence-electron chi connectivity index (χ2n) is 22.5. The summed E-state index contributed by atoms with van der Waals surface area (Å²) in [6.07, 6.45) is 0.174. The molecule has 1 aromatic carbocycles. The van der Waals surface area contributed by atoms with Crippen LogP contribution in [-0.2, 0) is 64.0 Å². The zero-order valence-electron chi connectivity index (χ0n) is 50.5. The molecule has 0 unspecified atom stereocenters. The van der Waals surface area contributed by atoms with Crippen molar-refractivity contribution in [2.24, 2.45) is 35.3 Å². The smallest absolute Gasteiger partial charge is 0.327 e. The number of phenolic OH excluding ortho intramolecular Hbond substituents is 1. The molecule has 0 saturated carbocycles. The van der Waals surface area contributed by atoms with Crippen LogP contribution in [0.25, 0.3) is 0 Å². The lowest BCUT2D eigenvalue weighted by Gasteiger charge is -2.31. The number of thiol groups is 2. The molecule has 0 saturated heterocycles. The van der Waals surface area contributed by atoms with Crippen molar-refractivity contribution in [1.82, 2.24) is 53.2 Å². The van der Waals surface area contributed by atoms with E-state index in [1.807, 2.05) is 0 Å². The van der Waals surface area contributed by atoms with Crippen molar-refractivity contribution in [3.63, 3.8) is 0 Å². The number of carboxylic acid groups (broad SMARTS) is 2. The van der Waals surface area contributed by atoms with Gasteiger partial charge in [0.2, 0.25) is 59.1 Å². The van der Waals surface area contributed by atoms with Gasteiger partial charge in [-0.05, 0) is 74.5 Å². The highest BCUT2D eigenvalue weighted by atomic mass is 32.1.